The number of quaternary nitrogens is 2. The van der Waals surface area contributed by atoms with Gasteiger partial charge in [0.1, 0.15) is 6.04 Å². The minimum atomic E-state index is -1.00. The Labute approximate surface area is 164 Å². The highest BCUT2D eigenvalue weighted by Gasteiger charge is 2.53. The first-order chi connectivity index (χ1) is 12.5. The number of carbonyl (C=O) groups is 5. The summed E-state index contributed by atoms with van der Waals surface area (Å²) in [5, 5.41) is 8.17. The van der Waals surface area contributed by atoms with E-state index in [4.69, 9.17) is 5.11 Å². The molecule has 150 valence electrons. The Morgan fingerprint density at radius 3 is 1.89 bits per heavy atom. The van der Waals surface area contributed by atoms with E-state index in [9.17, 15) is 24.0 Å². The SMILES string of the molecule is C[N+]1(CCC(CCCC(S)C(=O)O)[N+]2(C)C(=O)CCC2=O)C(=O)CCC1=O. The highest BCUT2D eigenvalue weighted by Crippen LogP contribution is 2.31. The van der Waals surface area contributed by atoms with E-state index < -0.39 is 11.2 Å². The molecular formula is C18H28N2O6S+2. The van der Waals surface area contributed by atoms with Gasteiger partial charge in [0.15, 0.2) is 0 Å². The minimum Gasteiger partial charge on any atom is -0.480 e. The van der Waals surface area contributed by atoms with Gasteiger partial charge < -0.3 is 5.11 Å². The first kappa shape index (κ1) is 21.7. The Kier molecular flexibility index (Phi) is 6.59. The molecule has 0 spiro atoms. The fraction of sp³-hybridized carbons (Fsp3) is 0.722. The molecular weight excluding hydrogens is 372 g/mol. The maximum absolute atomic E-state index is 12.5. The van der Waals surface area contributed by atoms with Crippen molar-refractivity contribution in [1.29, 1.82) is 0 Å². The lowest BCUT2D eigenvalue weighted by Crippen LogP contribution is -2.58. The first-order valence-corrected chi connectivity index (χ1v) is 9.81. The molecule has 2 rings (SSSR count). The van der Waals surface area contributed by atoms with Crippen LogP contribution in [0.2, 0.25) is 0 Å². The lowest BCUT2D eigenvalue weighted by atomic mass is 10.0. The van der Waals surface area contributed by atoms with E-state index in [0.29, 0.717) is 25.7 Å². The van der Waals surface area contributed by atoms with Gasteiger partial charge in [-0.05, 0) is 12.8 Å². The van der Waals surface area contributed by atoms with Crippen LogP contribution in [0.3, 0.4) is 0 Å². The molecule has 0 bridgehead atoms. The number of carbonyl (C=O) groups excluding carboxylic acids is 4. The van der Waals surface area contributed by atoms with Crippen LogP contribution in [-0.2, 0) is 24.0 Å². The van der Waals surface area contributed by atoms with Gasteiger partial charge in [0.25, 0.3) is 0 Å². The molecule has 0 radical (unpaired) electrons. The molecule has 27 heavy (non-hydrogen) atoms. The third-order valence-corrected chi connectivity index (χ3v) is 6.66. The molecule has 2 aliphatic heterocycles. The number of carboxylic acids is 1. The Morgan fingerprint density at radius 1 is 0.926 bits per heavy atom. The van der Waals surface area contributed by atoms with Crippen LogP contribution in [0.4, 0.5) is 0 Å². The average molecular weight is 400 g/mol. The van der Waals surface area contributed by atoms with Gasteiger partial charge in [0, 0.05) is 6.42 Å². The van der Waals surface area contributed by atoms with E-state index in [2.05, 4.69) is 12.6 Å². The molecule has 2 atom stereocenters. The molecule has 9 heteroatoms. The summed E-state index contributed by atoms with van der Waals surface area (Å²) in [4.78, 5) is 60.2. The molecule has 8 nitrogen and oxygen atoms in total. The molecule has 0 aromatic rings. The molecule has 2 heterocycles. The number of rotatable bonds is 9. The third kappa shape index (κ3) is 4.14. The van der Waals surface area contributed by atoms with E-state index in [1.807, 2.05) is 0 Å². The number of imide groups is 2. The van der Waals surface area contributed by atoms with Crippen molar-refractivity contribution in [2.45, 2.75) is 62.7 Å². The highest BCUT2D eigenvalue weighted by molar-refractivity contribution is 7.81. The number of nitrogens with zero attached hydrogens (tertiary/aromatic N) is 2. The van der Waals surface area contributed by atoms with Gasteiger partial charge in [-0.25, -0.2) is 23.7 Å². The average Bonchev–Trinajstić information content (AvgIpc) is 3.03. The van der Waals surface area contributed by atoms with Crippen molar-refractivity contribution in [3.8, 4) is 0 Å². The third-order valence-electron chi connectivity index (χ3n) is 6.18. The molecule has 2 fully saturated rings. The Morgan fingerprint density at radius 2 is 1.41 bits per heavy atom. The zero-order valence-electron chi connectivity index (χ0n) is 15.8. The summed E-state index contributed by atoms with van der Waals surface area (Å²) in [5.41, 5.74) is 0. The molecule has 0 aromatic carbocycles. The molecule has 0 saturated carbocycles. The molecule has 1 N–H and O–H groups in total. The first-order valence-electron chi connectivity index (χ1n) is 9.29. The Hall–Kier alpha value is -1.58. The summed E-state index contributed by atoms with van der Waals surface area (Å²) in [6, 6.07) is -0.377. The monoisotopic (exact) mass is 400 g/mol. The van der Waals surface area contributed by atoms with Crippen LogP contribution < -0.4 is 0 Å². The van der Waals surface area contributed by atoms with Crippen molar-refractivity contribution in [3.63, 3.8) is 0 Å². The van der Waals surface area contributed by atoms with Gasteiger partial charge in [-0.2, -0.15) is 17.1 Å². The molecule has 2 saturated heterocycles. The lowest BCUT2D eigenvalue weighted by molar-refractivity contribution is -0.794. The van der Waals surface area contributed by atoms with Gasteiger partial charge in [-0.1, -0.05) is 0 Å². The van der Waals surface area contributed by atoms with E-state index in [1.54, 1.807) is 14.1 Å². The molecule has 0 aromatic heterocycles. The number of likely N-dealkylation sites (tertiary alicyclic amines) is 2. The number of hydrogen-bond donors (Lipinski definition) is 2. The maximum Gasteiger partial charge on any atom is 0.321 e. The van der Waals surface area contributed by atoms with E-state index in [-0.39, 0.29) is 70.9 Å². The van der Waals surface area contributed by atoms with Crippen LogP contribution in [0.25, 0.3) is 0 Å². The van der Waals surface area contributed by atoms with Crippen LogP contribution in [-0.4, -0.2) is 75.6 Å². The minimum absolute atomic E-state index is 0.137. The largest absolute Gasteiger partial charge is 0.480 e. The quantitative estimate of drug-likeness (QED) is 0.338. The van der Waals surface area contributed by atoms with Crippen molar-refractivity contribution < 1.29 is 38.0 Å². The number of thiol groups is 1. The van der Waals surface area contributed by atoms with Gasteiger partial charge in [0.2, 0.25) is 0 Å². The lowest BCUT2D eigenvalue weighted by Gasteiger charge is -2.35. The van der Waals surface area contributed by atoms with Crippen LogP contribution in [0.5, 0.6) is 0 Å². The number of carboxylic acid groups (broad SMARTS) is 1. The summed E-state index contributed by atoms with van der Waals surface area (Å²) in [7, 11) is 3.20. The Bertz CT molecular complexity index is 645. The van der Waals surface area contributed by atoms with Gasteiger partial charge in [0.05, 0.1) is 58.0 Å². The van der Waals surface area contributed by atoms with E-state index in [1.165, 1.54) is 0 Å². The van der Waals surface area contributed by atoms with Crippen LogP contribution >= 0.6 is 12.6 Å². The Balaban J connectivity index is 2.13. The zero-order chi connectivity index (χ0) is 20.4. The summed E-state index contributed by atoms with van der Waals surface area (Å²) in [6.07, 6.45) is 2.48. The van der Waals surface area contributed by atoms with Crippen molar-refractivity contribution in [2.75, 3.05) is 20.6 Å². The van der Waals surface area contributed by atoms with Crippen molar-refractivity contribution in [1.82, 2.24) is 0 Å². The fourth-order valence-electron chi connectivity index (χ4n) is 4.06. The van der Waals surface area contributed by atoms with Crippen molar-refractivity contribution in [3.05, 3.63) is 0 Å². The summed E-state index contributed by atoms with van der Waals surface area (Å²) < 4.78 is -0.615. The van der Waals surface area contributed by atoms with Crippen molar-refractivity contribution >= 4 is 42.2 Å². The standard InChI is InChI=1S/C18H26N2O6S/c1-19(14(21)6-7-15(19)22)11-10-12(4-3-5-13(27)18(25)26)20(2)16(23)8-9-17(20)24/h12-13H,3-11H2,1-2H3/p+2. The van der Waals surface area contributed by atoms with Gasteiger partial charge >= 0.3 is 29.6 Å². The molecule has 0 aliphatic carbocycles. The molecule has 4 amide bonds. The van der Waals surface area contributed by atoms with E-state index >= 15 is 0 Å². The second-order valence-electron chi connectivity index (χ2n) is 7.79. The summed E-state index contributed by atoms with van der Waals surface area (Å²) in [5.74, 6) is -1.60. The second kappa shape index (κ2) is 8.20. The van der Waals surface area contributed by atoms with Crippen LogP contribution in [0.15, 0.2) is 0 Å². The van der Waals surface area contributed by atoms with Gasteiger partial charge in [-0.15, -0.1) is 0 Å². The summed E-state index contributed by atoms with van der Waals surface area (Å²) >= 11 is 4.02. The molecule has 2 aliphatic rings. The van der Waals surface area contributed by atoms with Gasteiger partial charge in [-0.3, -0.25) is 4.79 Å². The maximum atomic E-state index is 12.5. The predicted molar refractivity (Wildman–Crippen MR) is 98.4 cm³/mol. The number of hydrogen-bond acceptors (Lipinski definition) is 6. The summed E-state index contributed by atoms with van der Waals surface area (Å²) in [6.45, 7) is 0.250. The molecule has 2 unspecified atom stereocenters. The van der Waals surface area contributed by atoms with E-state index in [0.717, 1.165) is 0 Å². The van der Waals surface area contributed by atoms with Crippen molar-refractivity contribution in [2.24, 2.45) is 0 Å². The normalized spacial score (nSPS) is 23.7. The smallest absolute Gasteiger partial charge is 0.321 e. The highest BCUT2D eigenvalue weighted by atomic mass is 32.1. The zero-order valence-corrected chi connectivity index (χ0v) is 16.7. The van der Waals surface area contributed by atoms with Crippen LogP contribution in [0, 0.1) is 0 Å². The predicted octanol–water partition coefficient (Wildman–Crippen LogP) is 0.886. The fourth-order valence-corrected chi connectivity index (χ4v) is 4.24. The number of aliphatic carboxylic acids is 1. The second-order valence-corrected chi connectivity index (χ2v) is 8.42. The number of amides is 4. The van der Waals surface area contributed by atoms with Crippen LogP contribution in [0.1, 0.15) is 51.4 Å². The topological polar surface area (TPSA) is 106 Å².